The standard InChI is InChI=1S/C21H31N3O2S2/c1-14-22-18(12-24(4)16-7-10-28(25,26)13-16)17-11-19(27-20(17)23-14)15-5-8-21(2,3)9-6-15/h11,15-16H,5-10,12-13H2,1-4H3/t16-/m1/s1. The Morgan fingerprint density at radius 2 is 1.93 bits per heavy atom. The number of nitrogens with zero attached hydrogens (tertiary/aromatic N) is 3. The van der Waals surface area contributed by atoms with Crippen LogP contribution in [0.25, 0.3) is 10.2 Å². The van der Waals surface area contributed by atoms with E-state index in [1.165, 1.54) is 30.6 Å². The minimum Gasteiger partial charge on any atom is -0.297 e. The van der Waals surface area contributed by atoms with Crippen LogP contribution in [-0.4, -0.2) is 47.9 Å². The smallest absolute Gasteiger partial charge is 0.151 e. The molecule has 1 aliphatic heterocycles. The topological polar surface area (TPSA) is 63.2 Å². The van der Waals surface area contributed by atoms with Crippen molar-refractivity contribution in [1.82, 2.24) is 14.9 Å². The van der Waals surface area contributed by atoms with Crippen LogP contribution in [0.4, 0.5) is 0 Å². The van der Waals surface area contributed by atoms with E-state index in [9.17, 15) is 8.42 Å². The van der Waals surface area contributed by atoms with Crippen molar-refractivity contribution in [2.24, 2.45) is 5.41 Å². The molecular formula is C21H31N3O2S2. The van der Waals surface area contributed by atoms with E-state index in [1.807, 2.05) is 25.3 Å². The van der Waals surface area contributed by atoms with Gasteiger partial charge in [0.05, 0.1) is 17.2 Å². The molecule has 7 heteroatoms. The third-order valence-electron chi connectivity index (χ3n) is 6.57. The molecule has 0 N–H and O–H groups in total. The van der Waals surface area contributed by atoms with Gasteiger partial charge in [0.2, 0.25) is 0 Å². The highest BCUT2D eigenvalue weighted by atomic mass is 32.2. The average molecular weight is 422 g/mol. The molecule has 0 spiro atoms. The molecule has 2 aliphatic rings. The van der Waals surface area contributed by atoms with Gasteiger partial charge in [0.15, 0.2) is 9.84 Å². The third-order valence-corrected chi connectivity index (χ3v) is 9.52. The SMILES string of the molecule is Cc1nc(CN(C)[C@@H]2CCS(=O)(=O)C2)c2cc(C3CCC(C)(C)CC3)sc2n1. The van der Waals surface area contributed by atoms with E-state index in [2.05, 4.69) is 24.8 Å². The Labute approximate surface area is 172 Å². The summed E-state index contributed by atoms with van der Waals surface area (Å²) in [6, 6.07) is 2.41. The second-order valence-electron chi connectivity index (χ2n) is 9.50. The van der Waals surface area contributed by atoms with Crippen LogP contribution in [0, 0.1) is 12.3 Å². The van der Waals surface area contributed by atoms with E-state index < -0.39 is 9.84 Å². The van der Waals surface area contributed by atoms with Gasteiger partial charge in [0.25, 0.3) is 0 Å². The van der Waals surface area contributed by atoms with Crippen LogP contribution in [0.5, 0.6) is 0 Å². The number of sulfone groups is 1. The summed E-state index contributed by atoms with van der Waals surface area (Å²) in [7, 11) is -0.857. The number of rotatable bonds is 4. The van der Waals surface area contributed by atoms with Crippen molar-refractivity contribution < 1.29 is 8.42 Å². The van der Waals surface area contributed by atoms with Crippen molar-refractivity contribution in [2.45, 2.75) is 71.4 Å². The van der Waals surface area contributed by atoms with E-state index in [0.29, 0.717) is 23.6 Å². The zero-order chi connectivity index (χ0) is 20.1. The van der Waals surface area contributed by atoms with Crippen molar-refractivity contribution >= 4 is 31.4 Å². The molecule has 28 heavy (non-hydrogen) atoms. The van der Waals surface area contributed by atoms with Gasteiger partial charge in [0, 0.05) is 22.8 Å². The quantitative estimate of drug-likeness (QED) is 0.736. The van der Waals surface area contributed by atoms with Gasteiger partial charge in [-0.2, -0.15) is 0 Å². The lowest BCUT2D eigenvalue weighted by Crippen LogP contribution is -2.32. The van der Waals surface area contributed by atoms with Gasteiger partial charge in [-0.25, -0.2) is 18.4 Å². The lowest BCUT2D eigenvalue weighted by Gasteiger charge is -2.33. The lowest BCUT2D eigenvalue weighted by atomic mass is 9.73. The molecule has 1 saturated carbocycles. The van der Waals surface area contributed by atoms with Gasteiger partial charge < -0.3 is 0 Å². The highest BCUT2D eigenvalue weighted by molar-refractivity contribution is 7.91. The molecule has 4 rings (SSSR count). The predicted molar refractivity (Wildman–Crippen MR) is 116 cm³/mol. The van der Waals surface area contributed by atoms with Crippen LogP contribution in [0.15, 0.2) is 6.07 Å². The van der Waals surface area contributed by atoms with Crippen LogP contribution >= 0.6 is 11.3 Å². The summed E-state index contributed by atoms with van der Waals surface area (Å²) < 4.78 is 23.7. The van der Waals surface area contributed by atoms with Gasteiger partial charge in [-0.1, -0.05) is 13.8 Å². The molecular weight excluding hydrogens is 390 g/mol. The van der Waals surface area contributed by atoms with Crippen LogP contribution in [0.3, 0.4) is 0 Å². The fraction of sp³-hybridized carbons (Fsp3) is 0.714. The normalized spacial score (nSPS) is 25.0. The Morgan fingerprint density at radius 3 is 2.57 bits per heavy atom. The molecule has 3 heterocycles. The Kier molecular flexibility index (Phi) is 5.30. The van der Waals surface area contributed by atoms with Crippen molar-refractivity contribution in [3.8, 4) is 0 Å². The molecule has 1 aliphatic carbocycles. The van der Waals surface area contributed by atoms with Gasteiger partial charge in [-0.15, -0.1) is 11.3 Å². The summed E-state index contributed by atoms with van der Waals surface area (Å²) in [5.74, 6) is 2.01. The molecule has 0 aromatic carbocycles. The zero-order valence-corrected chi connectivity index (χ0v) is 19.0. The van der Waals surface area contributed by atoms with Crippen molar-refractivity contribution in [2.75, 3.05) is 18.6 Å². The van der Waals surface area contributed by atoms with Gasteiger partial charge in [0.1, 0.15) is 10.7 Å². The van der Waals surface area contributed by atoms with Crippen LogP contribution in [0.2, 0.25) is 0 Å². The monoisotopic (exact) mass is 421 g/mol. The minimum absolute atomic E-state index is 0.0917. The molecule has 154 valence electrons. The molecule has 5 nitrogen and oxygen atoms in total. The highest BCUT2D eigenvalue weighted by Crippen LogP contribution is 2.45. The summed E-state index contributed by atoms with van der Waals surface area (Å²) >= 11 is 1.83. The minimum atomic E-state index is -2.88. The summed E-state index contributed by atoms with van der Waals surface area (Å²) in [4.78, 5) is 14.1. The Bertz CT molecular complexity index is 971. The first kappa shape index (κ1) is 20.2. The van der Waals surface area contributed by atoms with Crippen molar-refractivity contribution in [1.29, 1.82) is 0 Å². The molecule has 1 saturated heterocycles. The van der Waals surface area contributed by atoms with Crippen molar-refractivity contribution in [3.05, 3.63) is 22.5 Å². The number of hydrogen-bond donors (Lipinski definition) is 0. The molecule has 0 amide bonds. The maximum absolute atomic E-state index is 11.8. The van der Waals surface area contributed by atoms with E-state index in [0.717, 1.165) is 28.2 Å². The summed E-state index contributed by atoms with van der Waals surface area (Å²) in [6.45, 7) is 7.37. The fourth-order valence-electron chi connectivity index (χ4n) is 4.61. The van der Waals surface area contributed by atoms with E-state index >= 15 is 0 Å². The number of hydrogen-bond acceptors (Lipinski definition) is 6. The lowest BCUT2D eigenvalue weighted by molar-refractivity contribution is 0.226. The number of thiophene rings is 1. The van der Waals surface area contributed by atoms with Gasteiger partial charge in [-0.3, -0.25) is 4.90 Å². The Hall–Kier alpha value is -1.05. The van der Waals surface area contributed by atoms with Crippen molar-refractivity contribution in [3.63, 3.8) is 0 Å². The summed E-state index contributed by atoms with van der Waals surface area (Å²) in [5.41, 5.74) is 1.51. The first-order chi connectivity index (χ1) is 13.1. The largest absolute Gasteiger partial charge is 0.297 e. The number of aryl methyl sites for hydroxylation is 1. The maximum atomic E-state index is 11.8. The van der Waals surface area contributed by atoms with E-state index in [1.54, 1.807) is 0 Å². The molecule has 2 aromatic rings. The number of fused-ring (bicyclic) bond motifs is 1. The van der Waals surface area contributed by atoms with E-state index in [4.69, 9.17) is 9.97 Å². The second-order valence-corrected chi connectivity index (χ2v) is 12.8. The zero-order valence-electron chi connectivity index (χ0n) is 17.4. The Balaban J connectivity index is 1.58. The Morgan fingerprint density at radius 1 is 1.21 bits per heavy atom. The molecule has 0 unspecified atom stereocenters. The molecule has 0 bridgehead atoms. The maximum Gasteiger partial charge on any atom is 0.151 e. The van der Waals surface area contributed by atoms with Crippen LogP contribution in [0.1, 0.15) is 68.3 Å². The molecule has 0 radical (unpaired) electrons. The van der Waals surface area contributed by atoms with Gasteiger partial charge >= 0.3 is 0 Å². The second kappa shape index (κ2) is 7.33. The highest BCUT2D eigenvalue weighted by Gasteiger charge is 2.32. The van der Waals surface area contributed by atoms with E-state index in [-0.39, 0.29) is 11.8 Å². The number of aromatic nitrogens is 2. The molecule has 1 atom stereocenters. The molecule has 2 fully saturated rings. The predicted octanol–water partition coefficient (Wildman–Crippen LogP) is 4.30. The first-order valence-electron chi connectivity index (χ1n) is 10.3. The summed E-state index contributed by atoms with van der Waals surface area (Å²) in [5, 5.41) is 1.16. The fourth-order valence-corrected chi connectivity index (χ4v) is 7.68. The average Bonchev–Trinajstić information content (AvgIpc) is 3.18. The summed E-state index contributed by atoms with van der Waals surface area (Å²) in [6.07, 6.45) is 5.78. The van der Waals surface area contributed by atoms with Gasteiger partial charge in [-0.05, 0) is 63.5 Å². The molecule has 2 aromatic heterocycles. The van der Waals surface area contributed by atoms with Crippen LogP contribution < -0.4 is 0 Å². The van der Waals surface area contributed by atoms with Crippen LogP contribution in [-0.2, 0) is 16.4 Å². The first-order valence-corrected chi connectivity index (χ1v) is 12.9. The third kappa shape index (κ3) is 4.26.